The molecular formula is C25H23N5. The molecule has 1 N–H and O–H groups in total. The molecule has 5 nitrogen and oxygen atoms in total. The number of rotatable bonds is 3. The van der Waals surface area contributed by atoms with Gasteiger partial charge in [-0.3, -0.25) is 9.38 Å². The Kier molecular flexibility index (Phi) is 5.14. The molecule has 1 fully saturated rings. The number of hydrogen-bond donors (Lipinski definition) is 1. The quantitative estimate of drug-likeness (QED) is 0.501. The number of fused-ring (bicyclic) bond motifs is 1. The molecule has 0 unspecified atom stereocenters. The predicted molar refractivity (Wildman–Crippen MR) is 119 cm³/mol. The van der Waals surface area contributed by atoms with Crippen molar-refractivity contribution >= 4 is 11.5 Å². The molecule has 3 heterocycles. The summed E-state index contributed by atoms with van der Waals surface area (Å²) in [6, 6.07) is 14.5. The summed E-state index contributed by atoms with van der Waals surface area (Å²) in [4.78, 5) is 13.4. The Morgan fingerprint density at radius 1 is 0.967 bits per heavy atom. The highest BCUT2D eigenvalue weighted by atomic mass is 15.2. The van der Waals surface area contributed by atoms with E-state index in [-0.39, 0.29) is 0 Å². The van der Waals surface area contributed by atoms with Crippen molar-refractivity contribution in [2.75, 3.05) is 5.32 Å². The van der Waals surface area contributed by atoms with Crippen molar-refractivity contribution in [2.45, 2.75) is 38.1 Å². The summed E-state index contributed by atoms with van der Waals surface area (Å²) in [5, 5.41) is 3.77. The first kappa shape index (κ1) is 18.4. The molecule has 0 aliphatic heterocycles. The third-order valence-electron chi connectivity index (χ3n) is 5.51. The molecule has 0 spiro atoms. The number of nitrogens with one attached hydrogen (secondary N) is 1. The Bertz CT molecular complexity index is 1210. The van der Waals surface area contributed by atoms with Gasteiger partial charge in [-0.2, -0.15) is 0 Å². The maximum absolute atomic E-state index is 4.89. The van der Waals surface area contributed by atoms with Crippen LogP contribution in [0.2, 0.25) is 0 Å². The molecule has 0 amide bonds. The zero-order chi connectivity index (χ0) is 20.2. The van der Waals surface area contributed by atoms with E-state index in [1.165, 1.54) is 32.1 Å². The molecule has 5 heteroatoms. The molecule has 0 radical (unpaired) electrons. The van der Waals surface area contributed by atoms with Crippen LogP contribution in [0.3, 0.4) is 0 Å². The Hall–Kier alpha value is -3.65. The predicted octanol–water partition coefficient (Wildman–Crippen LogP) is 4.94. The van der Waals surface area contributed by atoms with Crippen LogP contribution in [0.15, 0.2) is 67.3 Å². The van der Waals surface area contributed by atoms with Crippen LogP contribution >= 0.6 is 0 Å². The summed E-state index contributed by atoms with van der Waals surface area (Å²) < 4.78 is 2.10. The summed E-state index contributed by atoms with van der Waals surface area (Å²) in [5.74, 6) is 7.40. The highest BCUT2D eigenvalue weighted by Crippen LogP contribution is 2.31. The van der Waals surface area contributed by atoms with E-state index in [1.807, 2.05) is 36.5 Å². The van der Waals surface area contributed by atoms with Crippen molar-refractivity contribution in [1.82, 2.24) is 19.4 Å². The van der Waals surface area contributed by atoms with Gasteiger partial charge in [-0.05, 0) is 43.0 Å². The number of anilines is 1. The van der Waals surface area contributed by atoms with Crippen molar-refractivity contribution in [3.05, 3.63) is 78.5 Å². The number of benzene rings is 1. The minimum Gasteiger partial charge on any atom is -0.367 e. The van der Waals surface area contributed by atoms with Gasteiger partial charge in [-0.15, -0.1) is 0 Å². The molecular weight excluding hydrogens is 370 g/mol. The normalized spacial score (nSPS) is 14.3. The lowest BCUT2D eigenvalue weighted by molar-refractivity contribution is 0.461. The summed E-state index contributed by atoms with van der Waals surface area (Å²) in [7, 11) is 0. The average molecular weight is 393 g/mol. The summed E-state index contributed by atoms with van der Waals surface area (Å²) in [6.07, 6.45) is 13.6. The summed E-state index contributed by atoms with van der Waals surface area (Å²) in [6.45, 7) is 0. The third kappa shape index (κ3) is 3.90. The van der Waals surface area contributed by atoms with Crippen molar-refractivity contribution < 1.29 is 0 Å². The SMILES string of the molecule is C(#Cc1ccccn1)c1cccc(-c2nc3cnccn3c2NC2CCCCC2)c1. The molecule has 5 rings (SSSR count). The molecule has 4 aromatic rings. The van der Waals surface area contributed by atoms with Crippen LogP contribution in [0.5, 0.6) is 0 Å². The zero-order valence-electron chi connectivity index (χ0n) is 16.8. The molecule has 30 heavy (non-hydrogen) atoms. The first-order valence-corrected chi connectivity index (χ1v) is 10.5. The van der Waals surface area contributed by atoms with E-state index < -0.39 is 0 Å². The molecule has 0 atom stereocenters. The molecule has 1 aliphatic carbocycles. The van der Waals surface area contributed by atoms with Crippen molar-refractivity contribution in [3.63, 3.8) is 0 Å². The number of pyridine rings is 1. The Balaban J connectivity index is 1.53. The maximum atomic E-state index is 4.89. The van der Waals surface area contributed by atoms with Gasteiger partial charge in [0.05, 0.1) is 6.20 Å². The second-order valence-corrected chi connectivity index (χ2v) is 7.64. The lowest BCUT2D eigenvalue weighted by Gasteiger charge is -2.24. The van der Waals surface area contributed by atoms with Crippen LogP contribution in [0.1, 0.15) is 43.4 Å². The van der Waals surface area contributed by atoms with Crippen LogP contribution in [-0.2, 0) is 0 Å². The van der Waals surface area contributed by atoms with Crippen LogP contribution in [-0.4, -0.2) is 25.4 Å². The fraction of sp³-hybridized carbons (Fsp3) is 0.240. The highest BCUT2D eigenvalue weighted by molar-refractivity contribution is 5.77. The minimum absolute atomic E-state index is 0.484. The van der Waals surface area contributed by atoms with E-state index in [2.05, 4.69) is 43.7 Å². The largest absolute Gasteiger partial charge is 0.367 e. The van der Waals surface area contributed by atoms with Gasteiger partial charge in [-0.25, -0.2) is 9.97 Å². The van der Waals surface area contributed by atoms with E-state index in [0.717, 1.165) is 34.0 Å². The maximum Gasteiger partial charge on any atom is 0.157 e. The van der Waals surface area contributed by atoms with Crippen molar-refractivity contribution in [2.24, 2.45) is 0 Å². The van der Waals surface area contributed by atoms with Gasteiger partial charge in [0.25, 0.3) is 0 Å². The molecule has 1 saturated carbocycles. The van der Waals surface area contributed by atoms with Gasteiger partial charge in [0.15, 0.2) is 5.65 Å². The van der Waals surface area contributed by atoms with E-state index in [1.54, 1.807) is 18.6 Å². The van der Waals surface area contributed by atoms with Gasteiger partial charge in [0.1, 0.15) is 17.2 Å². The van der Waals surface area contributed by atoms with Gasteiger partial charge in [0, 0.05) is 35.8 Å². The number of imidazole rings is 1. The molecule has 1 aliphatic rings. The monoisotopic (exact) mass is 393 g/mol. The standard InChI is InChI=1S/C25H23N5/c1-2-10-22(11-3-1)28-25-24(29-23-18-26-15-16-30(23)25)20-8-6-7-19(17-20)12-13-21-9-4-5-14-27-21/h4-9,14-18,22,28H,1-3,10-11H2. The molecule has 0 bridgehead atoms. The average Bonchev–Trinajstić information content (AvgIpc) is 3.18. The second kappa shape index (κ2) is 8.38. The third-order valence-corrected chi connectivity index (χ3v) is 5.51. The van der Waals surface area contributed by atoms with Gasteiger partial charge >= 0.3 is 0 Å². The fourth-order valence-electron chi connectivity index (χ4n) is 4.00. The minimum atomic E-state index is 0.484. The summed E-state index contributed by atoms with van der Waals surface area (Å²) in [5.41, 5.74) is 4.54. The van der Waals surface area contributed by atoms with Crippen LogP contribution in [0.25, 0.3) is 16.9 Å². The summed E-state index contributed by atoms with van der Waals surface area (Å²) >= 11 is 0. The van der Waals surface area contributed by atoms with E-state index >= 15 is 0 Å². The Morgan fingerprint density at radius 2 is 1.90 bits per heavy atom. The topological polar surface area (TPSA) is 55.1 Å². The Morgan fingerprint density at radius 3 is 2.77 bits per heavy atom. The smallest absolute Gasteiger partial charge is 0.157 e. The highest BCUT2D eigenvalue weighted by Gasteiger charge is 2.19. The van der Waals surface area contributed by atoms with Gasteiger partial charge in [-0.1, -0.05) is 43.4 Å². The van der Waals surface area contributed by atoms with E-state index in [4.69, 9.17) is 4.98 Å². The molecule has 3 aromatic heterocycles. The van der Waals surface area contributed by atoms with Gasteiger partial charge in [0.2, 0.25) is 0 Å². The van der Waals surface area contributed by atoms with Crippen LogP contribution in [0, 0.1) is 11.8 Å². The molecule has 148 valence electrons. The Labute approximate surface area is 176 Å². The lowest BCUT2D eigenvalue weighted by Crippen LogP contribution is -2.23. The van der Waals surface area contributed by atoms with Crippen LogP contribution < -0.4 is 5.32 Å². The van der Waals surface area contributed by atoms with E-state index in [9.17, 15) is 0 Å². The van der Waals surface area contributed by atoms with Crippen molar-refractivity contribution in [3.8, 4) is 23.1 Å². The lowest BCUT2D eigenvalue weighted by atomic mass is 9.95. The van der Waals surface area contributed by atoms with Gasteiger partial charge < -0.3 is 5.32 Å². The second-order valence-electron chi connectivity index (χ2n) is 7.64. The fourth-order valence-corrected chi connectivity index (χ4v) is 4.00. The number of hydrogen-bond acceptors (Lipinski definition) is 4. The molecule has 1 aromatic carbocycles. The first-order chi connectivity index (χ1) is 14.9. The van der Waals surface area contributed by atoms with Crippen molar-refractivity contribution in [1.29, 1.82) is 0 Å². The zero-order valence-corrected chi connectivity index (χ0v) is 16.8. The number of aromatic nitrogens is 4. The van der Waals surface area contributed by atoms with Crippen LogP contribution in [0.4, 0.5) is 5.82 Å². The first-order valence-electron chi connectivity index (χ1n) is 10.5. The van der Waals surface area contributed by atoms with E-state index in [0.29, 0.717) is 6.04 Å². The number of nitrogens with zero attached hydrogens (tertiary/aromatic N) is 4. The molecule has 0 saturated heterocycles.